The fraction of sp³-hybridized carbons (Fsp3) is 0.133. The monoisotopic (exact) mass is 284 g/mol. The lowest BCUT2D eigenvalue weighted by Gasteiger charge is -2.07. The number of anilines is 1. The summed E-state index contributed by atoms with van der Waals surface area (Å²) in [6, 6.07) is 4.64. The molecule has 5 nitrogen and oxygen atoms in total. The smallest absolute Gasteiger partial charge is 0.258 e. The van der Waals surface area contributed by atoms with Gasteiger partial charge >= 0.3 is 0 Å². The van der Waals surface area contributed by atoms with E-state index >= 15 is 0 Å². The van der Waals surface area contributed by atoms with Crippen LogP contribution in [0.4, 0.5) is 10.2 Å². The van der Waals surface area contributed by atoms with Gasteiger partial charge in [-0.3, -0.25) is 9.78 Å². The number of hydrogen-bond acceptors (Lipinski definition) is 4. The molecule has 0 amide bonds. The minimum atomic E-state index is -0.489. The molecule has 0 spiro atoms. The molecule has 3 aromatic rings. The summed E-state index contributed by atoms with van der Waals surface area (Å²) in [7, 11) is 3.37. The van der Waals surface area contributed by atoms with Gasteiger partial charge in [-0.2, -0.15) is 0 Å². The highest BCUT2D eigenvalue weighted by Crippen LogP contribution is 2.25. The normalized spacial score (nSPS) is 10.8. The molecule has 0 saturated heterocycles. The average Bonchev–Trinajstić information content (AvgIpc) is 2.51. The van der Waals surface area contributed by atoms with E-state index in [4.69, 9.17) is 0 Å². The third-order valence-electron chi connectivity index (χ3n) is 3.35. The van der Waals surface area contributed by atoms with Crippen molar-refractivity contribution in [1.82, 2.24) is 14.5 Å². The number of benzene rings is 1. The highest BCUT2D eigenvalue weighted by atomic mass is 19.1. The number of nitrogens with zero attached hydrogens (tertiary/aromatic N) is 3. The molecule has 1 N–H and O–H groups in total. The molecule has 6 heteroatoms. The maximum atomic E-state index is 14.3. The van der Waals surface area contributed by atoms with E-state index in [1.54, 1.807) is 32.4 Å². The minimum Gasteiger partial charge on any atom is -0.372 e. The summed E-state index contributed by atoms with van der Waals surface area (Å²) < 4.78 is 15.7. The molecule has 106 valence electrons. The number of nitrogens with one attached hydrogen (secondary N) is 1. The van der Waals surface area contributed by atoms with Crippen LogP contribution in [0, 0.1) is 5.82 Å². The zero-order valence-corrected chi connectivity index (χ0v) is 11.6. The molecular weight excluding hydrogens is 271 g/mol. The van der Waals surface area contributed by atoms with Gasteiger partial charge in [-0.05, 0) is 23.6 Å². The van der Waals surface area contributed by atoms with Crippen molar-refractivity contribution in [3.05, 3.63) is 53.0 Å². The lowest BCUT2D eigenvalue weighted by molar-refractivity contribution is 0.632. The van der Waals surface area contributed by atoms with Crippen LogP contribution in [0.5, 0.6) is 0 Å². The molecule has 0 aliphatic heterocycles. The van der Waals surface area contributed by atoms with Gasteiger partial charge in [0.15, 0.2) is 0 Å². The highest BCUT2D eigenvalue weighted by Gasteiger charge is 2.11. The summed E-state index contributed by atoms with van der Waals surface area (Å²) in [5.41, 5.74) is 0.523. The maximum absolute atomic E-state index is 14.3. The van der Waals surface area contributed by atoms with Gasteiger partial charge in [0.2, 0.25) is 0 Å². The largest absolute Gasteiger partial charge is 0.372 e. The van der Waals surface area contributed by atoms with Crippen LogP contribution in [-0.2, 0) is 7.05 Å². The predicted molar refractivity (Wildman–Crippen MR) is 79.7 cm³/mol. The maximum Gasteiger partial charge on any atom is 0.258 e. The number of fused-ring (bicyclic) bond motifs is 1. The van der Waals surface area contributed by atoms with Crippen molar-refractivity contribution in [2.24, 2.45) is 7.05 Å². The molecule has 0 saturated carbocycles. The SMILES string of the molecule is CNc1cnc(-c2cc3ccn(C)c(=O)c3cc2F)cn1. The van der Waals surface area contributed by atoms with Gasteiger partial charge in [0.1, 0.15) is 11.6 Å². The number of rotatable bonds is 2. The summed E-state index contributed by atoms with van der Waals surface area (Å²) in [5.74, 6) is 0.117. The van der Waals surface area contributed by atoms with Crippen molar-refractivity contribution in [3.63, 3.8) is 0 Å². The first-order valence-corrected chi connectivity index (χ1v) is 6.39. The van der Waals surface area contributed by atoms with Crippen molar-refractivity contribution >= 4 is 16.6 Å². The number of aromatic nitrogens is 3. The summed E-state index contributed by atoms with van der Waals surface area (Å²) >= 11 is 0. The van der Waals surface area contributed by atoms with Crippen LogP contribution < -0.4 is 10.9 Å². The van der Waals surface area contributed by atoms with Gasteiger partial charge in [0, 0.05) is 25.9 Å². The van der Waals surface area contributed by atoms with Crippen LogP contribution in [0.25, 0.3) is 22.0 Å². The predicted octanol–water partition coefficient (Wildman–Crippen LogP) is 2.18. The second-order valence-electron chi connectivity index (χ2n) is 4.69. The van der Waals surface area contributed by atoms with E-state index in [0.717, 1.165) is 0 Å². The molecule has 2 aromatic heterocycles. The zero-order valence-electron chi connectivity index (χ0n) is 11.6. The Labute approximate surface area is 120 Å². The van der Waals surface area contributed by atoms with E-state index in [9.17, 15) is 9.18 Å². The highest BCUT2D eigenvalue weighted by molar-refractivity contribution is 5.86. The molecule has 2 heterocycles. The number of halogens is 1. The molecule has 0 unspecified atom stereocenters. The second kappa shape index (κ2) is 4.97. The average molecular weight is 284 g/mol. The molecule has 0 aliphatic rings. The molecule has 0 radical (unpaired) electrons. The molecule has 0 bridgehead atoms. The van der Waals surface area contributed by atoms with Crippen LogP contribution in [0.2, 0.25) is 0 Å². The standard InChI is InChI=1S/C15H13FN4O/c1-17-14-8-18-13(7-19-14)11-5-9-3-4-20(2)15(21)10(9)6-12(11)16/h3-8H,1-2H3,(H,17,19). The molecular formula is C15H13FN4O. The van der Waals surface area contributed by atoms with Crippen molar-refractivity contribution in [2.45, 2.75) is 0 Å². The first-order valence-electron chi connectivity index (χ1n) is 6.39. The fourth-order valence-corrected chi connectivity index (χ4v) is 2.16. The van der Waals surface area contributed by atoms with Crippen LogP contribution in [-0.4, -0.2) is 21.6 Å². The summed E-state index contributed by atoms with van der Waals surface area (Å²) in [6.07, 6.45) is 4.68. The molecule has 0 aliphatic carbocycles. The van der Waals surface area contributed by atoms with E-state index in [1.807, 2.05) is 0 Å². The van der Waals surface area contributed by atoms with Crippen LogP contribution in [0.15, 0.2) is 41.6 Å². The Kier molecular flexibility index (Phi) is 3.13. The van der Waals surface area contributed by atoms with E-state index in [1.165, 1.54) is 23.0 Å². The lowest BCUT2D eigenvalue weighted by atomic mass is 10.1. The van der Waals surface area contributed by atoms with Gasteiger partial charge in [0.05, 0.1) is 23.5 Å². The number of aryl methyl sites for hydroxylation is 1. The summed E-state index contributed by atoms with van der Waals surface area (Å²) in [5, 5.41) is 3.88. The Morgan fingerprint density at radius 2 is 2.05 bits per heavy atom. The Balaban J connectivity index is 2.21. The van der Waals surface area contributed by atoms with E-state index in [2.05, 4.69) is 15.3 Å². The minimum absolute atomic E-state index is 0.227. The third-order valence-corrected chi connectivity index (χ3v) is 3.35. The van der Waals surface area contributed by atoms with Gasteiger partial charge in [0.25, 0.3) is 5.56 Å². The second-order valence-corrected chi connectivity index (χ2v) is 4.69. The van der Waals surface area contributed by atoms with E-state index in [0.29, 0.717) is 27.8 Å². The Morgan fingerprint density at radius 3 is 2.71 bits per heavy atom. The lowest BCUT2D eigenvalue weighted by Crippen LogP contribution is -2.15. The molecule has 0 atom stereocenters. The van der Waals surface area contributed by atoms with E-state index in [-0.39, 0.29) is 5.56 Å². The summed E-state index contributed by atoms with van der Waals surface area (Å²) in [4.78, 5) is 20.3. The summed E-state index contributed by atoms with van der Waals surface area (Å²) in [6.45, 7) is 0. The van der Waals surface area contributed by atoms with Crippen LogP contribution >= 0.6 is 0 Å². The molecule has 0 fully saturated rings. The molecule has 3 rings (SSSR count). The van der Waals surface area contributed by atoms with Crippen molar-refractivity contribution < 1.29 is 4.39 Å². The van der Waals surface area contributed by atoms with Crippen molar-refractivity contribution in [3.8, 4) is 11.3 Å². The van der Waals surface area contributed by atoms with Crippen LogP contribution in [0.1, 0.15) is 0 Å². The first kappa shape index (κ1) is 13.2. The zero-order chi connectivity index (χ0) is 15.0. The number of pyridine rings is 1. The van der Waals surface area contributed by atoms with Gasteiger partial charge in [-0.15, -0.1) is 0 Å². The van der Waals surface area contributed by atoms with Gasteiger partial charge in [-0.1, -0.05) is 0 Å². The topological polar surface area (TPSA) is 59.8 Å². The Hall–Kier alpha value is -2.76. The quantitative estimate of drug-likeness (QED) is 0.783. The van der Waals surface area contributed by atoms with Gasteiger partial charge in [-0.25, -0.2) is 9.37 Å². The fourth-order valence-electron chi connectivity index (χ4n) is 2.16. The first-order chi connectivity index (χ1) is 10.1. The van der Waals surface area contributed by atoms with Crippen LogP contribution in [0.3, 0.4) is 0 Å². The number of hydrogen-bond donors (Lipinski definition) is 1. The van der Waals surface area contributed by atoms with Crippen molar-refractivity contribution in [1.29, 1.82) is 0 Å². The Bertz CT molecular complexity index is 871. The Morgan fingerprint density at radius 1 is 1.24 bits per heavy atom. The van der Waals surface area contributed by atoms with Gasteiger partial charge < -0.3 is 9.88 Å². The molecule has 21 heavy (non-hydrogen) atoms. The molecule has 1 aromatic carbocycles. The van der Waals surface area contributed by atoms with Crippen molar-refractivity contribution in [2.75, 3.05) is 12.4 Å². The van der Waals surface area contributed by atoms with E-state index < -0.39 is 5.82 Å². The third kappa shape index (κ3) is 2.24.